The van der Waals surface area contributed by atoms with E-state index in [9.17, 15) is 9.90 Å². The lowest BCUT2D eigenvalue weighted by Gasteiger charge is -2.01. The first kappa shape index (κ1) is 11.9. The molecule has 0 saturated carbocycles. The number of phenolic OH excluding ortho intramolecular Hbond substituents is 1. The Morgan fingerprint density at radius 1 is 1.50 bits per heavy atom. The summed E-state index contributed by atoms with van der Waals surface area (Å²) in [6, 6.07) is 4.64. The van der Waals surface area contributed by atoms with Crippen LogP contribution in [0.5, 0.6) is 11.5 Å². The molecule has 16 heavy (non-hydrogen) atoms. The highest BCUT2D eigenvalue weighted by molar-refractivity contribution is 5.89. The van der Waals surface area contributed by atoms with Crippen molar-refractivity contribution in [3.63, 3.8) is 0 Å². The van der Waals surface area contributed by atoms with Gasteiger partial charge in [0.15, 0.2) is 11.5 Å². The van der Waals surface area contributed by atoms with Gasteiger partial charge >= 0.3 is 5.97 Å². The second-order valence-corrected chi connectivity index (χ2v) is 2.86. The van der Waals surface area contributed by atoms with Crippen LogP contribution in [0.4, 0.5) is 0 Å². The van der Waals surface area contributed by atoms with Crippen molar-refractivity contribution in [1.82, 2.24) is 0 Å². The molecule has 0 aromatic heterocycles. The van der Waals surface area contributed by atoms with Gasteiger partial charge in [-0.1, -0.05) is 5.92 Å². The summed E-state index contributed by atoms with van der Waals surface area (Å²) in [6.07, 6.45) is 0. The number of carbonyl (C=O) groups excluding carboxylic acids is 1. The molecule has 0 amide bonds. The van der Waals surface area contributed by atoms with Crippen LogP contribution in [0.2, 0.25) is 0 Å². The van der Waals surface area contributed by atoms with Crippen molar-refractivity contribution in [3.8, 4) is 23.3 Å². The summed E-state index contributed by atoms with van der Waals surface area (Å²) in [7, 11) is 1.46. The molecule has 0 bridgehead atoms. The van der Waals surface area contributed by atoms with E-state index < -0.39 is 5.97 Å². The Kier molecular flexibility index (Phi) is 4.22. The molecule has 0 aliphatic carbocycles. The molecule has 0 fully saturated rings. The molecule has 4 nitrogen and oxygen atoms in total. The van der Waals surface area contributed by atoms with Gasteiger partial charge in [-0.25, -0.2) is 4.79 Å². The largest absolute Gasteiger partial charge is 0.504 e. The molecule has 4 heteroatoms. The summed E-state index contributed by atoms with van der Waals surface area (Å²) in [6.45, 7) is 2.00. The van der Waals surface area contributed by atoms with Gasteiger partial charge in [-0.3, -0.25) is 0 Å². The maximum atomic E-state index is 10.9. The van der Waals surface area contributed by atoms with Crippen molar-refractivity contribution in [3.05, 3.63) is 23.8 Å². The molecule has 1 aromatic rings. The van der Waals surface area contributed by atoms with Crippen molar-refractivity contribution in [2.24, 2.45) is 0 Å². The number of hydrogen-bond donors (Lipinski definition) is 1. The predicted octanol–water partition coefficient (Wildman–Crippen LogP) is 1.32. The maximum Gasteiger partial charge on any atom is 0.384 e. The highest BCUT2D eigenvalue weighted by atomic mass is 16.5. The van der Waals surface area contributed by atoms with Crippen LogP contribution in [0, 0.1) is 11.8 Å². The second kappa shape index (κ2) is 5.66. The molecule has 0 radical (unpaired) electrons. The van der Waals surface area contributed by atoms with E-state index in [1.54, 1.807) is 19.1 Å². The Balaban J connectivity index is 2.82. The van der Waals surface area contributed by atoms with Gasteiger partial charge in [0.1, 0.15) is 0 Å². The van der Waals surface area contributed by atoms with Crippen molar-refractivity contribution >= 4 is 5.97 Å². The molecule has 0 heterocycles. The fourth-order valence-corrected chi connectivity index (χ4v) is 1.06. The summed E-state index contributed by atoms with van der Waals surface area (Å²) in [5, 5.41) is 9.45. The molecule has 1 aromatic carbocycles. The van der Waals surface area contributed by atoms with Gasteiger partial charge in [-0.2, -0.15) is 0 Å². The van der Waals surface area contributed by atoms with E-state index in [2.05, 4.69) is 16.6 Å². The average Bonchev–Trinajstić information content (AvgIpc) is 2.27. The van der Waals surface area contributed by atoms with Crippen molar-refractivity contribution in [1.29, 1.82) is 0 Å². The van der Waals surface area contributed by atoms with Crippen molar-refractivity contribution < 1.29 is 19.4 Å². The quantitative estimate of drug-likeness (QED) is 0.603. The number of phenols is 1. The first-order valence-corrected chi connectivity index (χ1v) is 4.73. The summed E-state index contributed by atoms with van der Waals surface area (Å²) < 4.78 is 9.51. The summed E-state index contributed by atoms with van der Waals surface area (Å²) >= 11 is 0. The van der Waals surface area contributed by atoms with Gasteiger partial charge in [-0.05, 0) is 25.1 Å². The lowest BCUT2D eigenvalue weighted by molar-refractivity contribution is -0.136. The number of hydrogen-bond acceptors (Lipinski definition) is 4. The molecule has 1 N–H and O–H groups in total. The highest BCUT2D eigenvalue weighted by Crippen LogP contribution is 2.25. The Morgan fingerprint density at radius 3 is 2.81 bits per heavy atom. The van der Waals surface area contributed by atoms with Gasteiger partial charge in [-0.15, -0.1) is 0 Å². The van der Waals surface area contributed by atoms with E-state index in [1.807, 2.05) is 0 Å². The summed E-state index contributed by atoms with van der Waals surface area (Å²) in [4.78, 5) is 10.9. The molecular weight excluding hydrogens is 208 g/mol. The van der Waals surface area contributed by atoms with E-state index in [0.717, 1.165) is 0 Å². The standard InChI is InChI=1S/C12H12O4/c1-3-16-12(14)7-5-9-4-6-11(15-2)10(13)8-9/h4,6,8,13H,3H2,1-2H3. The second-order valence-electron chi connectivity index (χ2n) is 2.86. The van der Waals surface area contributed by atoms with Crippen LogP contribution >= 0.6 is 0 Å². The van der Waals surface area contributed by atoms with Crippen molar-refractivity contribution in [2.45, 2.75) is 6.92 Å². The number of benzene rings is 1. The molecule has 0 atom stereocenters. The van der Waals surface area contributed by atoms with E-state index in [4.69, 9.17) is 4.74 Å². The van der Waals surface area contributed by atoms with E-state index in [0.29, 0.717) is 17.9 Å². The minimum absolute atomic E-state index is 0.0156. The highest BCUT2D eigenvalue weighted by Gasteiger charge is 2.00. The fourth-order valence-electron chi connectivity index (χ4n) is 1.06. The molecule has 0 aliphatic heterocycles. The predicted molar refractivity (Wildman–Crippen MR) is 58.2 cm³/mol. The van der Waals surface area contributed by atoms with Crippen molar-refractivity contribution in [2.75, 3.05) is 13.7 Å². The monoisotopic (exact) mass is 220 g/mol. The number of methoxy groups -OCH3 is 1. The van der Waals surface area contributed by atoms with Crippen LogP contribution in [0.25, 0.3) is 0 Å². The number of ether oxygens (including phenoxy) is 2. The smallest absolute Gasteiger partial charge is 0.384 e. The van der Waals surface area contributed by atoms with Crippen LogP contribution < -0.4 is 4.74 Å². The van der Waals surface area contributed by atoms with Crippen LogP contribution in [0.15, 0.2) is 18.2 Å². The molecular formula is C12H12O4. The first-order chi connectivity index (χ1) is 7.67. The molecule has 84 valence electrons. The number of aromatic hydroxyl groups is 1. The summed E-state index contributed by atoms with van der Waals surface area (Å²) in [5.41, 5.74) is 0.520. The van der Waals surface area contributed by atoms with Gasteiger partial charge in [0.05, 0.1) is 13.7 Å². The zero-order valence-electron chi connectivity index (χ0n) is 9.11. The van der Waals surface area contributed by atoms with Gasteiger partial charge < -0.3 is 14.6 Å². The third-order valence-electron chi connectivity index (χ3n) is 1.76. The third kappa shape index (κ3) is 3.21. The average molecular weight is 220 g/mol. The zero-order chi connectivity index (χ0) is 12.0. The third-order valence-corrected chi connectivity index (χ3v) is 1.76. The van der Waals surface area contributed by atoms with Crippen LogP contribution in [0.3, 0.4) is 0 Å². The molecule has 0 aliphatic rings. The minimum Gasteiger partial charge on any atom is -0.504 e. The first-order valence-electron chi connectivity index (χ1n) is 4.73. The van der Waals surface area contributed by atoms with Crippen LogP contribution in [0.1, 0.15) is 12.5 Å². The van der Waals surface area contributed by atoms with E-state index in [-0.39, 0.29) is 5.75 Å². The lowest BCUT2D eigenvalue weighted by atomic mass is 10.2. The Morgan fingerprint density at radius 2 is 2.25 bits per heavy atom. The van der Waals surface area contributed by atoms with Crippen LogP contribution in [-0.2, 0) is 9.53 Å². The molecule has 0 saturated heterocycles. The van der Waals surface area contributed by atoms with E-state index >= 15 is 0 Å². The Bertz CT molecular complexity index is 440. The fraction of sp³-hybridized carbons (Fsp3) is 0.250. The SMILES string of the molecule is CCOC(=O)C#Cc1ccc(OC)c(O)c1. The van der Waals surface area contributed by atoms with Crippen LogP contribution in [-0.4, -0.2) is 24.8 Å². The van der Waals surface area contributed by atoms with Gasteiger partial charge in [0, 0.05) is 11.5 Å². The molecule has 1 rings (SSSR count). The summed E-state index contributed by atoms with van der Waals surface area (Å²) in [5.74, 6) is 4.64. The number of esters is 1. The zero-order valence-corrected chi connectivity index (χ0v) is 9.11. The van der Waals surface area contributed by atoms with Gasteiger partial charge in [0.2, 0.25) is 0 Å². The number of carbonyl (C=O) groups is 1. The molecule has 0 spiro atoms. The minimum atomic E-state index is -0.585. The number of rotatable bonds is 2. The topological polar surface area (TPSA) is 55.8 Å². The maximum absolute atomic E-state index is 10.9. The van der Waals surface area contributed by atoms with Gasteiger partial charge in [0.25, 0.3) is 0 Å². The molecule has 0 unspecified atom stereocenters. The van der Waals surface area contributed by atoms with E-state index in [1.165, 1.54) is 13.2 Å². The normalized spacial score (nSPS) is 8.88. The lowest BCUT2D eigenvalue weighted by Crippen LogP contribution is -1.99. The Labute approximate surface area is 93.8 Å². The Hall–Kier alpha value is -2.15.